The molecule has 0 aromatic rings. The highest BCUT2D eigenvalue weighted by atomic mass is 16.6. The largest absolute Gasteiger partial charge is 0.462 e. The molecule has 0 spiro atoms. The number of ether oxygens (including phenoxy) is 3. The van der Waals surface area contributed by atoms with Crippen LogP contribution in [0.15, 0.2) is 36.5 Å². The van der Waals surface area contributed by atoms with Crippen molar-refractivity contribution in [2.45, 2.75) is 393 Å². The van der Waals surface area contributed by atoms with Gasteiger partial charge >= 0.3 is 17.9 Å². The first-order chi connectivity index (χ1) is 38.5. The van der Waals surface area contributed by atoms with Crippen LogP contribution in [0.2, 0.25) is 0 Å². The Morgan fingerprint density at radius 2 is 0.462 bits per heavy atom. The number of carbonyl (C=O) groups excluding carboxylic acids is 3. The normalized spacial score (nSPS) is 12.2. The summed E-state index contributed by atoms with van der Waals surface area (Å²) in [6, 6.07) is 0. The molecule has 0 heterocycles. The van der Waals surface area contributed by atoms with E-state index in [1.54, 1.807) is 0 Å². The highest BCUT2D eigenvalue weighted by molar-refractivity contribution is 5.71. The summed E-state index contributed by atoms with van der Waals surface area (Å²) in [5.41, 5.74) is 0. The number of unbranched alkanes of at least 4 members (excludes halogenated alkanes) is 48. The van der Waals surface area contributed by atoms with Gasteiger partial charge in [0.15, 0.2) is 6.10 Å². The predicted octanol–water partition coefficient (Wildman–Crippen LogP) is 23.9. The van der Waals surface area contributed by atoms with Crippen LogP contribution in [0.5, 0.6) is 0 Å². The summed E-state index contributed by atoms with van der Waals surface area (Å²) in [7, 11) is 0. The second-order valence-corrected chi connectivity index (χ2v) is 23.8. The van der Waals surface area contributed by atoms with E-state index in [2.05, 4.69) is 57.2 Å². The minimum Gasteiger partial charge on any atom is -0.462 e. The number of hydrogen-bond donors (Lipinski definition) is 0. The highest BCUT2D eigenvalue weighted by Crippen LogP contribution is 2.18. The van der Waals surface area contributed by atoms with Crippen molar-refractivity contribution in [3.05, 3.63) is 36.5 Å². The van der Waals surface area contributed by atoms with Crippen LogP contribution in [0.4, 0.5) is 0 Å². The van der Waals surface area contributed by atoms with E-state index in [1.807, 2.05) is 0 Å². The average molecular weight is 1100 g/mol. The molecule has 0 aliphatic heterocycles. The summed E-state index contributed by atoms with van der Waals surface area (Å²) in [5, 5.41) is 0. The zero-order valence-electron chi connectivity index (χ0n) is 52.7. The zero-order chi connectivity index (χ0) is 56.4. The van der Waals surface area contributed by atoms with Crippen molar-refractivity contribution in [3.63, 3.8) is 0 Å². The van der Waals surface area contributed by atoms with Gasteiger partial charge < -0.3 is 14.2 Å². The minimum absolute atomic E-state index is 0.0660. The van der Waals surface area contributed by atoms with Crippen molar-refractivity contribution < 1.29 is 28.6 Å². The molecule has 0 bridgehead atoms. The van der Waals surface area contributed by atoms with Gasteiger partial charge in [-0.2, -0.15) is 0 Å². The number of allylic oxidation sites excluding steroid dienone is 6. The van der Waals surface area contributed by atoms with Crippen LogP contribution in [0.25, 0.3) is 0 Å². The molecule has 0 amide bonds. The molecule has 0 aliphatic rings. The maximum absolute atomic E-state index is 12.9. The molecule has 6 nitrogen and oxygen atoms in total. The summed E-state index contributed by atoms with van der Waals surface area (Å²) in [4.78, 5) is 38.4. The Hall–Kier alpha value is -2.37. The Morgan fingerprint density at radius 1 is 0.256 bits per heavy atom. The predicted molar refractivity (Wildman–Crippen MR) is 339 cm³/mol. The fourth-order valence-corrected chi connectivity index (χ4v) is 10.6. The van der Waals surface area contributed by atoms with Crippen molar-refractivity contribution in [1.29, 1.82) is 0 Å². The van der Waals surface area contributed by atoms with E-state index in [0.717, 1.165) is 70.6 Å². The minimum atomic E-state index is -0.769. The number of esters is 3. The van der Waals surface area contributed by atoms with Crippen LogP contribution in [0.1, 0.15) is 387 Å². The lowest BCUT2D eigenvalue weighted by Gasteiger charge is -2.18. The van der Waals surface area contributed by atoms with E-state index in [0.29, 0.717) is 19.3 Å². The SMILES string of the molecule is CCCCCCC/C=C\C/C=C\C/C=C\CCCCCCCCCCCCCCC(=O)OCC(COC(=O)CCCCCCCCCCCCCCC)OC(=O)CCCCCCCCCCCCCCCCCCCCCC. The summed E-state index contributed by atoms with van der Waals surface area (Å²) < 4.78 is 17.0. The van der Waals surface area contributed by atoms with E-state index < -0.39 is 6.10 Å². The molecule has 1 atom stereocenters. The third-order valence-corrected chi connectivity index (χ3v) is 15.9. The summed E-state index contributed by atoms with van der Waals surface area (Å²) >= 11 is 0. The van der Waals surface area contributed by atoms with Crippen molar-refractivity contribution in [1.82, 2.24) is 0 Å². The first kappa shape index (κ1) is 75.6. The monoisotopic (exact) mass is 1100 g/mol. The summed E-state index contributed by atoms with van der Waals surface area (Å²) in [6.45, 7) is 6.70. The number of hydrogen-bond acceptors (Lipinski definition) is 6. The fraction of sp³-hybridized carbons (Fsp3) is 0.875. The van der Waals surface area contributed by atoms with Crippen molar-refractivity contribution in [2.24, 2.45) is 0 Å². The average Bonchev–Trinajstić information content (AvgIpc) is 3.44. The Labute approximate surface area is 486 Å². The molecule has 0 saturated carbocycles. The standard InChI is InChI=1S/C72H134O6/c1-4-7-10-13-16-19-22-25-27-29-31-33-34-35-36-37-38-39-41-42-44-47-50-53-56-59-62-65-71(74)77-68-69(67-76-70(73)64-61-58-55-52-49-46-24-21-18-15-12-9-6-3)78-72(75)66-63-60-57-54-51-48-45-43-40-32-30-28-26-23-20-17-14-11-8-5-2/h22,25,29,31,34-35,69H,4-21,23-24,26-28,30,32-33,36-68H2,1-3H3/b25-22-,31-29-,35-34-. The molecule has 0 saturated heterocycles. The molecule has 0 radical (unpaired) electrons. The molecule has 78 heavy (non-hydrogen) atoms. The molecule has 458 valence electrons. The molecule has 0 aromatic heterocycles. The molecule has 6 heteroatoms. The van der Waals surface area contributed by atoms with Crippen LogP contribution < -0.4 is 0 Å². The van der Waals surface area contributed by atoms with Gasteiger partial charge in [0.05, 0.1) is 0 Å². The maximum Gasteiger partial charge on any atom is 0.306 e. The van der Waals surface area contributed by atoms with E-state index in [1.165, 1.54) is 276 Å². The summed E-state index contributed by atoms with van der Waals surface area (Å²) in [6.07, 6.45) is 83.1. The van der Waals surface area contributed by atoms with E-state index >= 15 is 0 Å². The quantitative estimate of drug-likeness (QED) is 0.0261. The molecule has 0 aliphatic carbocycles. The van der Waals surface area contributed by atoms with Gasteiger partial charge in [-0.1, -0.05) is 346 Å². The first-order valence-corrected chi connectivity index (χ1v) is 35.0. The molecular formula is C72H134O6. The Morgan fingerprint density at radius 3 is 0.718 bits per heavy atom. The van der Waals surface area contributed by atoms with Crippen LogP contribution in [0, 0.1) is 0 Å². The number of carbonyl (C=O) groups is 3. The van der Waals surface area contributed by atoms with Gasteiger partial charge in [0.2, 0.25) is 0 Å². The van der Waals surface area contributed by atoms with Gasteiger partial charge in [0, 0.05) is 19.3 Å². The molecule has 1 unspecified atom stereocenters. The van der Waals surface area contributed by atoms with Crippen molar-refractivity contribution >= 4 is 17.9 Å². The second kappa shape index (κ2) is 67.1. The lowest BCUT2D eigenvalue weighted by Crippen LogP contribution is -2.30. The zero-order valence-corrected chi connectivity index (χ0v) is 52.7. The van der Waals surface area contributed by atoms with Crippen LogP contribution in [0.3, 0.4) is 0 Å². The van der Waals surface area contributed by atoms with Crippen molar-refractivity contribution in [2.75, 3.05) is 13.2 Å². The molecule has 0 aromatic carbocycles. The van der Waals surface area contributed by atoms with Gasteiger partial charge in [-0.15, -0.1) is 0 Å². The molecular weight excluding hydrogens is 961 g/mol. The summed E-state index contributed by atoms with van der Waals surface area (Å²) in [5.74, 6) is -0.838. The van der Waals surface area contributed by atoms with Crippen molar-refractivity contribution in [3.8, 4) is 0 Å². The van der Waals surface area contributed by atoms with Crippen LogP contribution in [-0.2, 0) is 28.6 Å². The Bertz CT molecular complexity index is 1300. The van der Waals surface area contributed by atoms with Gasteiger partial charge in [0.1, 0.15) is 13.2 Å². The van der Waals surface area contributed by atoms with Crippen LogP contribution in [-0.4, -0.2) is 37.2 Å². The fourth-order valence-electron chi connectivity index (χ4n) is 10.6. The Balaban J connectivity index is 4.23. The van der Waals surface area contributed by atoms with Gasteiger partial charge in [-0.3, -0.25) is 14.4 Å². The van der Waals surface area contributed by atoms with Gasteiger partial charge in [-0.05, 0) is 57.8 Å². The first-order valence-electron chi connectivity index (χ1n) is 35.0. The number of rotatable bonds is 65. The van der Waals surface area contributed by atoms with E-state index in [-0.39, 0.29) is 31.1 Å². The molecule has 0 fully saturated rings. The third-order valence-electron chi connectivity index (χ3n) is 15.9. The van der Waals surface area contributed by atoms with Gasteiger partial charge in [0.25, 0.3) is 0 Å². The smallest absolute Gasteiger partial charge is 0.306 e. The second-order valence-electron chi connectivity index (χ2n) is 23.8. The third kappa shape index (κ3) is 64.5. The van der Waals surface area contributed by atoms with Crippen LogP contribution >= 0.6 is 0 Å². The van der Waals surface area contributed by atoms with Gasteiger partial charge in [-0.25, -0.2) is 0 Å². The van der Waals surface area contributed by atoms with E-state index in [4.69, 9.17) is 14.2 Å². The van der Waals surface area contributed by atoms with E-state index in [9.17, 15) is 14.4 Å². The lowest BCUT2D eigenvalue weighted by atomic mass is 10.0. The maximum atomic E-state index is 12.9. The highest BCUT2D eigenvalue weighted by Gasteiger charge is 2.19. The molecule has 0 rings (SSSR count). The Kier molecular flexibility index (Phi) is 65.1. The lowest BCUT2D eigenvalue weighted by molar-refractivity contribution is -0.167. The topological polar surface area (TPSA) is 78.9 Å². The molecule has 0 N–H and O–H groups in total.